The summed E-state index contributed by atoms with van der Waals surface area (Å²) >= 11 is 11.9. The Morgan fingerprint density at radius 3 is 2.48 bits per heavy atom. The highest BCUT2D eigenvalue weighted by atomic mass is 35.5. The van der Waals surface area contributed by atoms with Crippen molar-refractivity contribution in [3.8, 4) is 11.5 Å². The Kier molecular flexibility index (Phi) is 6.13. The van der Waals surface area contributed by atoms with Gasteiger partial charge in [0, 0.05) is 5.02 Å². The maximum Gasteiger partial charge on any atom is 0.265 e. The summed E-state index contributed by atoms with van der Waals surface area (Å²) in [6, 6.07) is 12.1. The average molecular weight is 354 g/mol. The average Bonchev–Trinajstić information content (AvgIpc) is 2.55. The third kappa shape index (κ3) is 4.53. The standard InChI is InChI=1S/C17H17Cl2NO3/c1-3-14(23-16-7-5-4-6-15(16)22-2)17(21)20-13-9-8-11(18)10-12(13)19/h4-10,14H,3H2,1-2H3,(H,20,21)/t14-/m1/s1. The molecular weight excluding hydrogens is 337 g/mol. The monoisotopic (exact) mass is 353 g/mol. The molecule has 1 atom stereocenters. The fourth-order valence-corrected chi connectivity index (χ4v) is 2.45. The molecule has 0 aliphatic rings. The Balaban J connectivity index is 2.12. The molecule has 0 aromatic heterocycles. The first kappa shape index (κ1) is 17.4. The van der Waals surface area contributed by atoms with Crippen molar-refractivity contribution in [1.82, 2.24) is 0 Å². The number of amides is 1. The molecule has 2 aromatic rings. The Labute approximate surface area is 145 Å². The summed E-state index contributed by atoms with van der Waals surface area (Å²) in [5.41, 5.74) is 0.489. The SMILES string of the molecule is CC[C@@H](Oc1ccccc1OC)C(=O)Nc1ccc(Cl)cc1Cl. The number of rotatable bonds is 6. The van der Waals surface area contributed by atoms with Crippen LogP contribution >= 0.6 is 23.2 Å². The number of para-hydroxylation sites is 2. The van der Waals surface area contributed by atoms with Gasteiger partial charge in [-0.2, -0.15) is 0 Å². The molecule has 0 fully saturated rings. The minimum atomic E-state index is -0.668. The maximum absolute atomic E-state index is 12.4. The molecule has 2 rings (SSSR count). The van der Waals surface area contributed by atoms with Gasteiger partial charge in [0.1, 0.15) is 0 Å². The third-order valence-electron chi connectivity index (χ3n) is 3.19. The van der Waals surface area contributed by atoms with E-state index >= 15 is 0 Å². The van der Waals surface area contributed by atoms with Crippen molar-refractivity contribution in [2.45, 2.75) is 19.4 Å². The van der Waals surface area contributed by atoms with E-state index < -0.39 is 6.10 Å². The van der Waals surface area contributed by atoms with Crippen molar-refractivity contribution in [2.24, 2.45) is 0 Å². The van der Waals surface area contributed by atoms with Crippen LogP contribution < -0.4 is 14.8 Å². The van der Waals surface area contributed by atoms with E-state index in [1.807, 2.05) is 19.1 Å². The highest BCUT2D eigenvalue weighted by Crippen LogP contribution is 2.29. The van der Waals surface area contributed by atoms with Crippen LogP contribution in [-0.4, -0.2) is 19.1 Å². The third-order valence-corrected chi connectivity index (χ3v) is 3.74. The van der Waals surface area contributed by atoms with Crippen LogP contribution in [0, 0.1) is 0 Å². The Hall–Kier alpha value is -1.91. The normalized spacial score (nSPS) is 11.7. The lowest BCUT2D eigenvalue weighted by Gasteiger charge is -2.19. The van der Waals surface area contributed by atoms with Gasteiger partial charge < -0.3 is 14.8 Å². The van der Waals surface area contributed by atoms with Crippen LogP contribution in [0.4, 0.5) is 5.69 Å². The van der Waals surface area contributed by atoms with E-state index in [1.54, 1.807) is 37.4 Å². The summed E-state index contributed by atoms with van der Waals surface area (Å²) in [7, 11) is 1.55. The van der Waals surface area contributed by atoms with Gasteiger partial charge in [0.05, 0.1) is 17.8 Å². The van der Waals surface area contributed by atoms with Gasteiger partial charge in [-0.25, -0.2) is 0 Å². The minimum Gasteiger partial charge on any atom is -0.493 e. The van der Waals surface area contributed by atoms with Gasteiger partial charge in [-0.3, -0.25) is 4.79 Å². The molecule has 6 heteroatoms. The maximum atomic E-state index is 12.4. The molecule has 4 nitrogen and oxygen atoms in total. The first-order chi connectivity index (χ1) is 11.0. The largest absolute Gasteiger partial charge is 0.493 e. The van der Waals surface area contributed by atoms with Crippen molar-refractivity contribution in [1.29, 1.82) is 0 Å². The van der Waals surface area contributed by atoms with Gasteiger partial charge >= 0.3 is 0 Å². The lowest BCUT2D eigenvalue weighted by molar-refractivity contribution is -0.122. The van der Waals surface area contributed by atoms with Gasteiger partial charge in [-0.15, -0.1) is 0 Å². The zero-order valence-corrected chi connectivity index (χ0v) is 14.3. The number of hydrogen-bond donors (Lipinski definition) is 1. The number of carbonyl (C=O) groups is 1. The highest BCUT2D eigenvalue weighted by Gasteiger charge is 2.21. The molecule has 1 amide bonds. The van der Waals surface area contributed by atoms with E-state index in [0.29, 0.717) is 33.7 Å². The Morgan fingerprint density at radius 1 is 1.17 bits per heavy atom. The van der Waals surface area contributed by atoms with Gasteiger partial charge in [0.2, 0.25) is 0 Å². The van der Waals surface area contributed by atoms with E-state index in [1.165, 1.54) is 0 Å². The van der Waals surface area contributed by atoms with E-state index in [4.69, 9.17) is 32.7 Å². The molecule has 0 aliphatic carbocycles. The Bertz CT molecular complexity index is 691. The predicted molar refractivity (Wildman–Crippen MR) is 92.8 cm³/mol. The molecule has 0 aliphatic heterocycles. The molecule has 2 aromatic carbocycles. The first-order valence-corrected chi connectivity index (χ1v) is 7.86. The fraction of sp³-hybridized carbons (Fsp3) is 0.235. The van der Waals surface area contributed by atoms with Crippen molar-refractivity contribution in [3.05, 3.63) is 52.5 Å². The highest BCUT2D eigenvalue weighted by molar-refractivity contribution is 6.36. The van der Waals surface area contributed by atoms with Crippen LogP contribution in [-0.2, 0) is 4.79 Å². The number of ether oxygens (including phenoxy) is 2. The van der Waals surface area contributed by atoms with E-state index in [0.717, 1.165) is 0 Å². The zero-order chi connectivity index (χ0) is 16.8. The van der Waals surface area contributed by atoms with Gasteiger partial charge in [-0.1, -0.05) is 42.3 Å². The molecule has 0 heterocycles. The predicted octanol–water partition coefficient (Wildman–Crippen LogP) is 4.80. The molecule has 1 N–H and O–H groups in total. The molecule has 0 saturated carbocycles. The molecular formula is C17H17Cl2NO3. The second-order valence-corrected chi connectivity index (χ2v) is 5.62. The molecule has 0 unspecified atom stereocenters. The van der Waals surface area contributed by atoms with Crippen LogP contribution in [0.1, 0.15) is 13.3 Å². The van der Waals surface area contributed by atoms with Crippen molar-refractivity contribution in [2.75, 3.05) is 12.4 Å². The first-order valence-electron chi connectivity index (χ1n) is 7.10. The second-order valence-electron chi connectivity index (χ2n) is 4.78. The number of anilines is 1. The Morgan fingerprint density at radius 2 is 1.87 bits per heavy atom. The van der Waals surface area contributed by atoms with Gasteiger partial charge in [0.25, 0.3) is 5.91 Å². The summed E-state index contributed by atoms with van der Waals surface area (Å²) < 4.78 is 11.0. The second kappa shape index (κ2) is 8.09. The smallest absolute Gasteiger partial charge is 0.265 e. The fourth-order valence-electron chi connectivity index (χ4n) is 2.00. The number of halogens is 2. The lowest BCUT2D eigenvalue weighted by atomic mass is 10.2. The molecule has 0 spiro atoms. The zero-order valence-electron chi connectivity index (χ0n) is 12.8. The van der Waals surface area contributed by atoms with Crippen LogP contribution in [0.3, 0.4) is 0 Å². The summed E-state index contributed by atoms with van der Waals surface area (Å²) in [6.45, 7) is 1.86. The molecule has 0 bridgehead atoms. The van der Waals surface area contributed by atoms with Gasteiger partial charge in [0.15, 0.2) is 17.6 Å². The van der Waals surface area contributed by atoms with Crippen LogP contribution in [0.2, 0.25) is 10.0 Å². The van der Waals surface area contributed by atoms with E-state index in [9.17, 15) is 4.79 Å². The van der Waals surface area contributed by atoms with Crippen molar-refractivity contribution < 1.29 is 14.3 Å². The molecule has 23 heavy (non-hydrogen) atoms. The number of benzene rings is 2. The number of carbonyl (C=O) groups excluding carboxylic acids is 1. The van der Waals surface area contributed by atoms with Crippen LogP contribution in [0.25, 0.3) is 0 Å². The lowest BCUT2D eigenvalue weighted by Crippen LogP contribution is -2.32. The van der Waals surface area contributed by atoms with Crippen molar-refractivity contribution in [3.63, 3.8) is 0 Å². The molecule has 0 radical (unpaired) electrons. The van der Waals surface area contributed by atoms with Crippen LogP contribution in [0.15, 0.2) is 42.5 Å². The topological polar surface area (TPSA) is 47.6 Å². The summed E-state index contributed by atoms with van der Waals surface area (Å²) in [5.74, 6) is 0.796. The molecule has 0 saturated heterocycles. The summed E-state index contributed by atoms with van der Waals surface area (Å²) in [4.78, 5) is 12.4. The van der Waals surface area contributed by atoms with Crippen LogP contribution in [0.5, 0.6) is 11.5 Å². The quantitative estimate of drug-likeness (QED) is 0.811. The summed E-state index contributed by atoms with van der Waals surface area (Å²) in [5, 5.41) is 3.63. The minimum absolute atomic E-state index is 0.289. The number of nitrogens with one attached hydrogen (secondary N) is 1. The van der Waals surface area contributed by atoms with Gasteiger partial charge in [-0.05, 0) is 36.8 Å². The molecule has 122 valence electrons. The van der Waals surface area contributed by atoms with Crippen molar-refractivity contribution >= 4 is 34.8 Å². The summed E-state index contributed by atoms with van der Waals surface area (Å²) in [6.07, 6.45) is -0.173. The number of methoxy groups -OCH3 is 1. The number of hydrogen-bond acceptors (Lipinski definition) is 3. The van der Waals surface area contributed by atoms with E-state index in [2.05, 4.69) is 5.32 Å². The van der Waals surface area contributed by atoms with E-state index in [-0.39, 0.29) is 5.91 Å².